The Hall–Kier alpha value is -4.78. The number of amides is 2. The van der Waals surface area contributed by atoms with Crippen molar-refractivity contribution in [2.24, 2.45) is 0 Å². The fraction of sp³-hybridized carbons (Fsp3) is 0.107. The second-order valence-electron chi connectivity index (χ2n) is 8.27. The Bertz CT molecular complexity index is 1560. The first-order chi connectivity index (χ1) is 18.4. The molecule has 0 fully saturated rings. The minimum absolute atomic E-state index is 0.110. The number of carboxylic acid groups (broad SMARTS) is 1. The molecule has 2 amide bonds. The highest BCUT2D eigenvalue weighted by Gasteiger charge is 2.14. The number of benzene rings is 2. The number of rotatable bonds is 7. The van der Waals surface area contributed by atoms with E-state index in [1.165, 1.54) is 4.90 Å². The maximum absolute atomic E-state index is 12.5. The van der Waals surface area contributed by atoms with E-state index >= 15 is 0 Å². The Kier molecular flexibility index (Phi) is 8.28. The molecule has 2 aromatic carbocycles. The second kappa shape index (κ2) is 12.0. The van der Waals surface area contributed by atoms with Crippen molar-refractivity contribution >= 4 is 40.5 Å². The lowest BCUT2D eigenvalue weighted by molar-refractivity contribution is -0.137. The molecule has 4 aromatic rings. The summed E-state index contributed by atoms with van der Waals surface area (Å²) in [4.78, 5) is 47.9. The number of fused-ring (bicyclic) bond motifs is 1. The number of nitrogens with zero attached hydrogens (tertiary/aromatic N) is 3. The summed E-state index contributed by atoms with van der Waals surface area (Å²) in [6.45, 7) is 0.136. The average Bonchev–Trinajstić information content (AvgIpc) is 2.94. The lowest BCUT2D eigenvalue weighted by atomic mass is 10.0. The zero-order valence-electron chi connectivity index (χ0n) is 20.2. The molecular formula is C28H22ClN5O4. The third kappa shape index (κ3) is 6.31. The molecule has 38 heavy (non-hydrogen) atoms. The summed E-state index contributed by atoms with van der Waals surface area (Å²) < 4.78 is 0. The summed E-state index contributed by atoms with van der Waals surface area (Å²) in [6, 6.07) is 17.7. The zero-order valence-corrected chi connectivity index (χ0v) is 21.0. The summed E-state index contributed by atoms with van der Waals surface area (Å²) >= 11 is 5.44. The molecule has 0 spiro atoms. The zero-order chi connectivity index (χ0) is 27.1. The van der Waals surface area contributed by atoms with Crippen LogP contribution in [-0.4, -0.2) is 51.4 Å². The number of carboxylic acids is 1. The number of nitrogens with one attached hydrogen (secondary N) is 2. The van der Waals surface area contributed by atoms with Gasteiger partial charge in [0, 0.05) is 53.6 Å². The van der Waals surface area contributed by atoms with Crippen LogP contribution in [0.4, 0.5) is 0 Å². The van der Waals surface area contributed by atoms with Crippen molar-refractivity contribution in [1.82, 2.24) is 25.2 Å². The van der Waals surface area contributed by atoms with Gasteiger partial charge in [-0.1, -0.05) is 24.0 Å². The van der Waals surface area contributed by atoms with Crippen molar-refractivity contribution in [2.75, 3.05) is 13.6 Å². The summed E-state index contributed by atoms with van der Waals surface area (Å²) in [5, 5.41) is 9.39. The third-order valence-corrected chi connectivity index (χ3v) is 5.78. The number of carbonyl (C=O) groups excluding carboxylic acids is 2. The smallest absolute Gasteiger partial charge is 0.305 e. The first-order valence-corrected chi connectivity index (χ1v) is 11.8. The maximum atomic E-state index is 12.5. The molecule has 0 aliphatic carbocycles. The van der Waals surface area contributed by atoms with Gasteiger partial charge in [-0.2, -0.15) is 0 Å². The van der Waals surface area contributed by atoms with E-state index in [9.17, 15) is 14.4 Å². The van der Waals surface area contributed by atoms with Gasteiger partial charge in [-0.3, -0.25) is 24.8 Å². The molecule has 4 rings (SSSR count). The number of hydrazine groups is 1. The number of pyridine rings is 2. The van der Waals surface area contributed by atoms with E-state index in [4.69, 9.17) is 16.9 Å². The van der Waals surface area contributed by atoms with Crippen molar-refractivity contribution in [3.8, 4) is 23.1 Å². The molecule has 0 atom stereocenters. The van der Waals surface area contributed by atoms with Crippen LogP contribution in [0.3, 0.4) is 0 Å². The summed E-state index contributed by atoms with van der Waals surface area (Å²) in [5.74, 6) is 4.55. The van der Waals surface area contributed by atoms with Crippen LogP contribution in [0, 0.1) is 11.8 Å². The van der Waals surface area contributed by atoms with Crippen molar-refractivity contribution in [2.45, 2.75) is 6.42 Å². The number of carbonyl (C=O) groups is 3. The maximum Gasteiger partial charge on any atom is 0.305 e. The Morgan fingerprint density at radius 1 is 1.00 bits per heavy atom. The van der Waals surface area contributed by atoms with Crippen molar-refractivity contribution in [1.29, 1.82) is 0 Å². The van der Waals surface area contributed by atoms with Gasteiger partial charge in [0.25, 0.3) is 11.8 Å². The Balaban J connectivity index is 1.50. The molecule has 0 saturated carbocycles. The van der Waals surface area contributed by atoms with Gasteiger partial charge in [0.15, 0.2) is 0 Å². The fourth-order valence-electron chi connectivity index (χ4n) is 3.66. The molecule has 3 N–H and O–H groups in total. The van der Waals surface area contributed by atoms with E-state index < -0.39 is 11.9 Å². The van der Waals surface area contributed by atoms with Crippen LogP contribution in [0.1, 0.15) is 38.3 Å². The molecule has 10 heteroatoms. The van der Waals surface area contributed by atoms with Gasteiger partial charge in [0.05, 0.1) is 23.2 Å². The third-order valence-electron chi connectivity index (χ3n) is 5.69. The normalized spacial score (nSPS) is 10.4. The van der Waals surface area contributed by atoms with Gasteiger partial charge in [-0.05, 0) is 60.3 Å². The van der Waals surface area contributed by atoms with E-state index in [0.717, 1.165) is 16.7 Å². The van der Waals surface area contributed by atoms with E-state index in [-0.39, 0.29) is 18.9 Å². The van der Waals surface area contributed by atoms with Crippen LogP contribution in [0.5, 0.6) is 0 Å². The topological polar surface area (TPSA) is 125 Å². The molecule has 0 bridgehead atoms. The molecule has 2 heterocycles. The largest absolute Gasteiger partial charge is 0.481 e. The van der Waals surface area contributed by atoms with Crippen molar-refractivity contribution < 1.29 is 19.5 Å². The Morgan fingerprint density at radius 3 is 2.29 bits per heavy atom. The first kappa shape index (κ1) is 26.3. The monoisotopic (exact) mass is 527 g/mol. The van der Waals surface area contributed by atoms with Gasteiger partial charge in [0.2, 0.25) is 0 Å². The van der Waals surface area contributed by atoms with Gasteiger partial charge in [0.1, 0.15) is 0 Å². The van der Waals surface area contributed by atoms with Gasteiger partial charge >= 0.3 is 5.97 Å². The van der Waals surface area contributed by atoms with Crippen LogP contribution in [-0.2, 0) is 4.79 Å². The molecule has 9 nitrogen and oxygen atoms in total. The Labute approximate surface area is 223 Å². The number of hydrogen-bond donors (Lipinski definition) is 3. The summed E-state index contributed by atoms with van der Waals surface area (Å²) in [6.07, 6.45) is 3.08. The predicted molar refractivity (Wildman–Crippen MR) is 143 cm³/mol. The number of aromatic nitrogens is 2. The van der Waals surface area contributed by atoms with E-state index in [2.05, 4.69) is 32.2 Å². The van der Waals surface area contributed by atoms with E-state index in [1.807, 2.05) is 24.3 Å². The Morgan fingerprint density at radius 2 is 1.66 bits per heavy atom. The molecule has 0 radical (unpaired) electrons. The van der Waals surface area contributed by atoms with Crippen LogP contribution in [0.2, 0.25) is 0 Å². The van der Waals surface area contributed by atoms with Crippen molar-refractivity contribution in [3.05, 3.63) is 95.3 Å². The lowest BCUT2D eigenvalue weighted by Gasteiger charge is -2.15. The van der Waals surface area contributed by atoms with Crippen molar-refractivity contribution in [3.63, 3.8) is 0 Å². The molecule has 2 aromatic heterocycles. The van der Waals surface area contributed by atoms with Crippen LogP contribution in [0.25, 0.3) is 22.2 Å². The number of halogens is 1. The number of hydrogen-bond acceptors (Lipinski definition) is 6. The minimum Gasteiger partial charge on any atom is -0.481 e. The van der Waals surface area contributed by atoms with Crippen LogP contribution in [0.15, 0.2) is 73.1 Å². The molecular weight excluding hydrogens is 506 g/mol. The minimum atomic E-state index is -0.952. The molecule has 0 saturated heterocycles. The first-order valence-electron chi connectivity index (χ1n) is 11.5. The predicted octanol–water partition coefficient (Wildman–Crippen LogP) is 3.63. The SMILES string of the molecule is CN(CCC(=O)O)C(=O)c1ccc(C#Cc2ccc(-c3cc(C(=O)NNCl)c4cnccc4n3)cc2)cc1. The highest BCUT2D eigenvalue weighted by molar-refractivity contribution is 6.15. The summed E-state index contributed by atoms with van der Waals surface area (Å²) in [5.41, 5.74) is 6.73. The number of aliphatic carboxylic acids is 1. The van der Waals surface area contributed by atoms with Gasteiger partial charge in [-0.25, -0.2) is 4.98 Å². The van der Waals surface area contributed by atoms with E-state index in [1.54, 1.807) is 55.8 Å². The lowest BCUT2D eigenvalue weighted by Crippen LogP contribution is -2.30. The quantitative estimate of drug-likeness (QED) is 0.190. The molecule has 0 aliphatic rings. The summed E-state index contributed by atoms with van der Waals surface area (Å²) in [7, 11) is 1.57. The molecule has 0 aliphatic heterocycles. The fourth-order valence-corrected chi connectivity index (χ4v) is 3.75. The molecule has 0 unspecified atom stereocenters. The van der Waals surface area contributed by atoms with E-state index in [0.29, 0.717) is 27.7 Å². The van der Waals surface area contributed by atoms with Gasteiger partial charge < -0.3 is 10.0 Å². The molecule has 190 valence electrons. The van der Waals surface area contributed by atoms with Crippen LogP contribution < -0.4 is 10.4 Å². The average molecular weight is 528 g/mol. The van der Waals surface area contributed by atoms with Gasteiger partial charge in [-0.15, -0.1) is 4.94 Å². The standard InChI is InChI=1S/C28H22ClN5O4/c1-34(15-13-26(35)36)28(38)21-10-6-19(7-11-21)3-2-18-4-8-20(9-5-18)25-16-22(27(37)32-33-29)23-17-30-14-12-24(23)31-25/h4-12,14,16-17,33H,13,15H2,1H3,(H,32,37)(H,35,36). The second-order valence-corrected chi connectivity index (χ2v) is 8.46. The highest BCUT2D eigenvalue weighted by Crippen LogP contribution is 2.24. The highest BCUT2D eigenvalue weighted by atomic mass is 35.5. The van der Waals surface area contributed by atoms with Crippen LogP contribution >= 0.6 is 11.8 Å².